The lowest BCUT2D eigenvalue weighted by molar-refractivity contribution is 0.122. The molecular formula is C43H56ClN13O2. The summed E-state index contributed by atoms with van der Waals surface area (Å²) in [5, 5.41) is 8.15. The first-order valence-corrected chi connectivity index (χ1v) is 22.3. The van der Waals surface area contributed by atoms with Gasteiger partial charge in [0.2, 0.25) is 5.95 Å². The van der Waals surface area contributed by atoms with Gasteiger partial charge in [-0.2, -0.15) is 4.98 Å². The zero-order valence-electron chi connectivity index (χ0n) is 33.9. The molecule has 4 aromatic rings. The molecule has 5 aliphatic heterocycles. The van der Waals surface area contributed by atoms with Gasteiger partial charge in [0, 0.05) is 125 Å². The Labute approximate surface area is 351 Å². The molecule has 0 radical (unpaired) electrons. The summed E-state index contributed by atoms with van der Waals surface area (Å²) in [5.74, 6) is 5.74. The van der Waals surface area contributed by atoms with E-state index in [2.05, 4.69) is 70.4 Å². The van der Waals surface area contributed by atoms with E-state index in [1.807, 2.05) is 12.3 Å². The van der Waals surface area contributed by atoms with Gasteiger partial charge in [-0.25, -0.2) is 24.9 Å². The average molecular weight is 822 g/mol. The molecule has 6 aliphatic rings. The molecular weight excluding hydrogens is 766 g/mol. The first-order valence-electron chi connectivity index (χ1n) is 21.9. The number of hydrogen-bond acceptors (Lipinski definition) is 15. The van der Waals surface area contributed by atoms with Crippen LogP contribution in [0, 0.1) is 0 Å². The Bertz CT molecular complexity index is 2070. The molecule has 1 saturated carbocycles. The Kier molecular flexibility index (Phi) is 11.4. The number of nitrogens with one attached hydrogen (secondary N) is 2. The lowest BCUT2D eigenvalue weighted by Gasteiger charge is -2.35. The van der Waals surface area contributed by atoms with Gasteiger partial charge in [0.25, 0.3) is 0 Å². The lowest BCUT2D eigenvalue weighted by atomic mass is 10.1. The third kappa shape index (κ3) is 9.21. The molecule has 4 aromatic heterocycles. The van der Waals surface area contributed by atoms with Gasteiger partial charge in [-0.05, 0) is 63.5 Å². The number of piperidine rings is 2. The van der Waals surface area contributed by atoms with E-state index >= 15 is 0 Å². The van der Waals surface area contributed by atoms with Crippen molar-refractivity contribution >= 4 is 52.2 Å². The number of halogens is 1. The van der Waals surface area contributed by atoms with Crippen LogP contribution in [-0.2, 0) is 9.47 Å². The summed E-state index contributed by atoms with van der Waals surface area (Å²) < 4.78 is 11.4. The average Bonchev–Trinajstić information content (AvgIpc) is 4.00. The highest BCUT2D eigenvalue weighted by Gasteiger charge is 2.30. The summed E-state index contributed by atoms with van der Waals surface area (Å²) in [4.78, 5) is 42.0. The second-order valence-electron chi connectivity index (χ2n) is 16.8. The van der Waals surface area contributed by atoms with Crippen LogP contribution in [0.2, 0.25) is 5.15 Å². The number of ether oxygens (including phenoxy) is 2. The molecule has 312 valence electrons. The minimum absolute atomic E-state index is 0.185. The number of aromatic nitrogens is 6. The van der Waals surface area contributed by atoms with Crippen molar-refractivity contribution in [2.75, 3.05) is 127 Å². The van der Waals surface area contributed by atoms with Gasteiger partial charge in [0.1, 0.15) is 34.2 Å². The predicted molar refractivity (Wildman–Crippen MR) is 234 cm³/mol. The van der Waals surface area contributed by atoms with Crippen LogP contribution < -0.4 is 35.1 Å². The second-order valence-corrected chi connectivity index (χ2v) is 17.2. The minimum Gasteiger partial charge on any atom is -0.378 e. The summed E-state index contributed by atoms with van der Waals surface area (Å²) in [6.45, 7) is 11.8. The lowest BCUT2D eigenvalue weighted by Crippen LogP contribution is -2.43. The summed E-state index contributed by atoms with van der Waals surface area (Å²) >= 11 is 6.51. The fraction of sp³-hybridized carbons (Fsp3) is 0.581. The van der Waals surface area contributed by atoms with E-state index in [-0.39, 0.29) is 12.1 Å². The minimum atomic E-state index is 0.185. The SMILES string of the molecule is Clc1cc(N2CCC[C@@H](Nc3cc(N4CCOCC4)cc(-c4cc(N5CCCC5)nc(N5CCC[C@@H](Nc6cc(N7CCOCC7)ccn6)C5)n4)n3)C2)nc(C2CC2)n1. The number of morpholine rings is 2. The van der Waals surface area contributed by atoms with E-state index in [1.165, 1.54) is 18.5 Å². The number of pyridine rings is 2. The van der Waals surface area contributed by atoms with E-state index in [4.69, 9.17) is 46.0 Å². The van der Waals surface area contributed by atoms with Gasteiger partial charge in [0.05, 0.1) is 37.8 Å². The molecule has 2 atom stereocenters. The highest BCUT2D eigenvalue weighted by Crippen LogP contribution is 2.39. The Morgan fingerprint density at radius 2 is 1.17 bits per heavy atom. The molecule has 10 rings (SSSR count). The van der Waals surface area contributed by atoms with Crippen LogP contribution in [0.5, 0.6) is 0 Å². The van der Waals surface area contributed by atoms with Crippen LogP contribution >= 0.6 is 11.6 Å². The normalized spacial score (nSPS) is 22.8. The maximum atomic E-state index is 6.51. The van der Waals surface area contributed by atoms with Crippen LogP contribution in [0.3, 0.4) is 0 Å². The molecule has 6 fully saturated rings. The fourth-order valence-corrected chi connectivity index (χ4v) is 9.34. The molecule has 9 heterocycles. The van der Waals surface area contributed by atoms with E-state index in [0.717, 1.165) is 169 Å². The second kappa shape index (κ2) is 17.5. The predicted octanol–water partition coefficient (Wildman–Crippen LogP) is 5.69. The van der Waals surface area contributed by atoms with Crippen LogP contribution in [0.4, 0.5) is 40.6 Å². The van der Waals surface area contributed by atoms with Crippen molar-refractivity contribution < 1.29 is 9.47 Å². The topological polar surface area (TPSA) is 136 Å². The maximum absolute atomic E-state index is 6.51. The zero-order valence-corrected chi connectivity index (χ0v) is 34.7. The Morgan fingerprint density at radius 1 is 0.542 bits per heavy atom. The van der Waals surface area contributed by atoms with Gasteiger partial charge in [-0.15, -0.1) is 0 Å². The van der Waals surface area contributed by atoms with Gasteiger partial charge in [-0.3, -0.25) is 0 Å². The quantitative estimate of drug-likeness (QED) is 0.179. The highest BCUT2D eigenvalue weighted by atomic mass is 35.5. The third-order valence-electron chi connectivity index (χ3n) is 12.5. The molecule has 5 saturated heterocycles. The molecule has 59 heavy (non-hydrogen) atoms. The van der Waals surface area contributed by atoms with Crippen molar-refractivity contribution in [2.45, 2.75) is 69.4 Å². The van der Waals surface area contributed by atoms with Crippen LogP contribution in [0.1, 0.15) is 63.1 Å². The Balaban J connectivity index is 0.924. The molecule has 0 unspecified atom stereocenters. The molecule has 0 amide bonds. The summed E-state index contributed by atoms with van der Waals surface area (Å²) in [6.07, 6.45) is 10.7. The van der Waals surface area contributed by atoms with Crippen LogP contribution in [0.25, 0.3) is 11.4 Å². The zero-order chi connectivity index (χ0) is 39.5. The molecule has 0 bridgehead atoms. The monoisotopic (exact) mass is 821 g/mol. The molecule has 0 spiro atoms. The number of hydrogen-bond donors (Lipinski definition) is 2. The van der Waals surface area contributed by atoms with Gasteiger partial charge < -0.3 is 44.6 Å². The maximum Gasteiger partial charge on any atom is 0.228 e. The van der Waals surface area contributed by atoms with Gasteiger partial charge in [-0.1, -0.05) is 11.6 Å². The highest BCUT2D eigenvalue weighted by molar-refractivity contribution is 6.29. The van der Waals surface area contributed by atoms with Gasteiger partial charge in [0.15, 0.2) is 0 Å². The molecule has 15 nitrogen and oxygen atoms in total. The largest absolute Gasteiger partial charge is 0.378 e. The number of anilines is 7. The summed E-state index contributed by atoms with van der Waals surface area (Å²) in [7, 11) is 0. The van der Waals surface area contributed by atoms with Gasteiger partial charge >= 0.3 is 0 Å². The number of rotatable bonds is 11. The first kappa shape index (κ1) is 38.5. The number of nitrogens with zero attached hydrogens (tertiary/aromatic N) is 11. The van der Waals surface area contributed by atoms with Crippen molar-refractivity contribution in [1.29, 1.82) is 0 Å². The van der Waals surface area contributed by atoms with Crippen LogP contribution in [0.15, 0.2) is 42.6 Å². The standard InChI is InChI=1S/C43H56ClN13O2/c44-37-27-41(51-42(50-37)30-7-8-30)56-13-3-5-31(28-56)47-39-25-34(54-17-21-59-22-18-54)23-35(48-39)36-26-40(55-11-1-2-12-55)52-43(49-36)57-14-4-6-32(29-57)46-38-24-33(9-10-45-38)53-15-19-58-20-16-53/h9-10,23-27,30-32H,1-8,11-22,28-29H2,(H,45,46)(H,47,48)/t31-,32-/m1/s1. The fourth-order valence-electron chi connectivity index (χ4n) is 9.15. The smallest absolute Gasteiger partial charge is 0.228 e. The third-order valence-corrected chi connectivity index (χ3v) is 12.7. The van der Waals surface area contributed by atoms with Crippen molar-refractivity contribution in [3.63, 3.8) is 0 Å². The molecule has 16 heteroatoms. The Hall–Kier alpha value is -4.73. The van der Waals surface area contributed by atoms with E-state index in [9.17, 15) is 0 Å². The van der Waals surface area contributed by atoms with Crippen molar-refractivity contribution in [1.82, 2.24) is 29.9 Å². The Morgan fingerprint density at radius 3 is 1.92 bits per heavy atom. The summed E-state index contributed by atoms with van der Waals surface area (Å²) in [5.41, 5.74) is 4.01. The van der Waals surface area contributed by atoms with E-state index in [1.54, 1.807) is 0 Å². The van der Waals surface area contributed by atoms with Crippen molar-refractivity contribution in [3.05, 3.63) is 53.6 Å². The van der Waals surface area contributed by atoms with E-state index in [0.29, 0.717) is 24.3 Å². The molecule has 0 aromatic carbocycles. The summed E-state index contributed by atoms with van der Waals surface area (Å²) in [6, 6.07) is 13.1. The van der Waals surface area contributed by atoms with Crippen molar-refractivity contribution in [3.8, 4) is 11.4 Å². The van der Waals surface area contributed by atoms with Crippen LogP contribution in [-0.4, -0.2) is 134 Å². The molecule has 1 aliphatic carbocycles. The van der Waals surface area contributed by atoms with E-state index < -0.39 is 0 Å². The van der Waals surface area contributed by atoms with Crippen molar-refractivity contribution in [2.24, 2.45) is 0 Å². The molecule has 2 N–H and O–H groups in total. The first-order chi connectivity index (χ1) is 29.1.